The van der Waals surface area contributed by atoms with Crippen LogP contribution in [0.5, 0.6) is 5.88 Å². The predicted molar refractivity (Wildman–Crippen MR) is 106 cm³/mol. The maximum atomic E-state index is 12.3. The number of nitrogens with one attached hydrogen (secondary N) is 1. The number of carbonyl (C=O) groups excluding carboxylic acids is 1. The Morgan fingerprint density at radius 2 is 2.07 bits per heavy atom. The normalized spacial score (nSPS) is 18.6. The molecule has 29 heavy (non-hydrogen) atoms. The van der Waals surface area contributed by atoms with Crippen LogP contribution in [0.2, 0.25) is 0 Å². The van der Waals surface area contributed by atoms with Gasteiger partial charge in [-0.2, -0.15) is 0 Å². The van der Waals surface area contributed by atoms with Crippen LogP contribution < -0.4 is 10.1 Å². The van der Waals surface area contributed by atoms with Crippen LogP contribution >= 0.6 is 0 Å². The van der Waals surface area contributed by atoms with E-state index >= 15 is 0 Å². The number of hydrogen-bond donors (Lipinski definition) is 2. The highest BCUT2D eigenvalue weighted by molar-refractivity contribution is 5.94. The van der Waals surface area contributed by atoms with Gasteiger partial charge in [0.2, 0.25) is 5.88 Å². The summed E-state index contributed by atoms with van der Waals surface area (Å²) in [7, 11) is 0. The number of ether oxygens (including phenoxy) is 1. The van der Waals surface area contributed by atoms with Crippen LogP contribution in [-0.4, -0.2) is 33.3 Å². The fraction of sp³-hybridized carbons (Fsp3) is 0.318. The van der Waals surface area contributed by atoms with Crippen molar-refractivity contribution in [2.45, 2.75) is 44.9 Å². The lowest BCUT2D eigenvalue weighted by Gasteiger charge is -2.16. The first-order chi connectivity index (χ1) is 14.1. The zero-order valence-electron chi connectivity index (χ0n) is 16.2. The van der Waals surface area contributed by atoms with E-state index in [9.17, 15) is 9.90 Å². The molecule has 0 unspecified atom stereocenters. The SMILES string of the molecule is Cc1onc(-c2ccccc2)c1COc1ccc(C(=O)N[C@@H]2CCC[C@H]2O)cn1. The summed E-state index contributed by atoms with van der Waals surface area (Å²) in [5.41, 5.74) is 2.99. The maximum Gasteiger partial charge on any atom is 0.253 e. The number of aromatic nitrogens is 2. The van der Waals surface area contributed by atoms with Crippen LogP contribution in [0.25, 0.3) is 11.3 Å². The molecule has 150 valence electrons. The fourth-order valence-electron chi connectivity index (χ4n) is 3.49. The van der Waals surface area contributed by atoms with Gasteiger partial charge in [0, 0.05) is 17.8 Å². The number of aliphatic hydroxyl groups excluding tert-OH is 1. The van der Waals surface area contributed by atoms with Crippen molar-refractivity contribution >= 4 is 5.91 Å². The molecule has 1 aliphatic carbocycles. The number of amides is 1. The highest BCUT2D eigenvalue weighted by atomic mass is 16.5. The zero-order valence-corrected chi connectivity index (χ0v) is 16.2. The molecule has 1 aliphatic rings. The summed E-state index contributed by atoms with van der Waals surface area (Å²) >= 11 is 0. The summed E-state index contributed by atoms with van der Waals surface area (Å²) in [6.07, 6.45) is 3.45. The second kappa shape index (κ2) is 8.45. The van der Waals surface area contributed by atoms with Gasteiger partial charge in [0.05, 0.1) is 23.3 Å². The average Bonchev–Trinajstić information content (AvgIpc) is 3.32. The minimum Gasteiger partial charge on any atom is -0.473 e. The molecule has 7 nitrogen and oxygen atoms in total. The van der Waals surface area contributed by atoms with Crippen LogP contribution in [-0.2, 0) is 6.61 Å². The minimum atomic E-state index is -0.472. The molecule has 2 N–H and O–H groups in total. The van der Waals surface area contributed by atoms with Gasteiger partial charge in [0.25, 0.3) is 5.91 Å². The number of aliphatic hydroxyl groups is 1. The van der Waals surface area contributed by atoms with E-state index in [0.717, 1.165) is 36.1 Å². The van der Waals surface area contributed by atoms with Crippen LogP contribution in [0.4, 0.5) is 0 Å². The zero-order chi connectivity index (χ0) is 20.2. The molecule has 7 heteroatoms. The molecule has 0 spiro atoms. The highest BCUT2D eigenvalue weighted by Gasteiger charge is 2.26. The number of benzene rings is 1. The molecule has 0 radical (unpaired) electrons. The molecular formula is C22H23N3O4. The molecule has 1 amide bonds. The summed E-state index contributed by atoms with van der Waals surface area (Å²) < 4.78 is 11.1. The van der Waals surface area contributed by atoms with E-state index in [1.807, 2.05) is 37.3 Å². The van der Waals surface area contributed by atoms with E-state index in [1.54, 1.807) is 12.1 Å². The third-order valence-electron chi connectivity index (χ3n) is 5.19. The summed E-state index contributed by atoms with van der Waals surface area (Å²) in [5, 5.41) is 16.9. The van der Waals surface area contributed by atoms with E-state index in [2.05, 4.69) is 15.5 Å². The predicted octanol–water partition coefficient (Wildman–Crippen LogP) is 3.27. The molecule has 2 heterocycles. The van der Waals surface area contributed by atoms with E-state index in [-0.39, 0.29) is 18.6 Å². The third-order valence-corrected chi connectivity index (χ3v) is 5.19. The second-order valence-corrected chi connectivity index (χ2v) is 7.18. The first-order valence-electron chi connectivity index (χ1n) is 9.70. The Morgan fingerprint density at radius 1 is 1.24 bits per heavy atom. The van der Waals surface area contributed by atoms with Gasteiger partial charge in [0.1, 0.15) is 18.1 Å². The van der Waals surface area contributed by atoms with Crippen molar-refractivity contribution in [3.05, 3.63) is 65.5 Å². The molecule has 2 atom stereocenters. The lowest BCUT2D eigenvalue weighted by Crippen LogP contribution is -2.39. The van der Waals surface area contributed by atoms with E-state index in [4.69, 9.17) is 9.26 Å². The van der Waals surface area contributed by atoms with Crippen LogP contribution in [0, 0.1) is 6.92 Å². The number of rotatable bonds is 6. The van der Waals surface area contributed by atoms with Gasteiger partial charge in [-0.15, -0.1) is 0 Å². The average molecular weight is 393 g/mol. The molecule has 2 aromatic heterocycles. The Bertz CT molecular complexity index is 969. The molecular weight excluding hydrogens is 370 g/mol. The van der Waals surface area contributed by atoms with Gasteiger partial charge in [-0.05, 0) is 32.3 Å². The fourth-order valence-corrected chi connectivity index (χ4v) is 3.49. The molecule has 1 aromatic carbocycles. The monoisotopic (exact) mass is 393 g/mol. The van der Waals surface area contributed by atoms with Crippen molar-refractivity contribution in [1.29, 1.82) is 0 Å². The van der Waals surface area contributed by atoms with Crippen LogP contribution in [0.1, 0.15) is 40.9 Å². The van der Waals surface area contributed by atoms with Gasteiger partial charge in [0.15, 0.2) is 0 Å². The smallest absolute Gasteiger partial charge is 0.253 e. The number of hydrogen-bond acceptors (Lipinski definition) is 6. The molecule has 1 saturated carbocycles. The van der Waals surface area contributed by atoms with E-state index in [1.165, 1.54) is 6.20 Å². The largest absolute Gasteiger partial charge is 0.473 e. The summed E-state index contributed by atoms with van der Waals surface area (Å²) in [6.45, 7) is 2.10. The topological polar surface area (TPSA) is 97.5 Å². The number of pyridine rings is 1. The summed E-state index contributed by atoms with van der Waals surface area (Å²) in [6, 6.07) is 12.9. The number of aryl methyl sites for hydroxylation is 1. The number of carbonyl (C=O) groups is 1. The Labute approximate surface area is 168 Å². The molecule has 4 rings (SSSR count). The molecule has 0 bridgehead atoms. The van der Waals surface area contributed by atoms with Gasteiger partial charge < -0.3 is 19.7 Å². The van der Waals surface area contributed by atoms with Crippen molar-refractivity contribution in [3.63, 3.8) is 0 Å². The van der Waals surface area contributed by atoms with Crippen molar-refractivity contribution in [2.24, 2.45) is 0 Å². The third kappa shape index (κ3) is 4.30. The van der Waals surface area contributed by atoms with Gasteiger partial charge in [-0.3, -0.25) is 4.79 Å². The molecule has 3 aromatic rings. The lowest BCUT2D eigenvalue weighted by molar-refractivity contribution is 0.0873. The minimum absolute atomic E-state index is 0.189. The van der Waals surface area contributed by atoms with E-state index in [0.29, 0.717) is 17.2 Å². The maximum absolute atomic E-state index is 12.3. The summed E-state index contributed by atoms with van der Waals surface area (Å²) in [5.74, 6) is 0.855. The van der Waals surface area contributed by atoms with Gasteiger partial charge in [-0.25, -0.2) is 4.98 Å². The molecule has 0 saturated heterocycles. The quantitative estimate of drug-likeness (QED) is 0.667. The Hall–Kier alpha value is -3.19. The first-order valence-corrected chi connectivity index (χ1v) is 9.70. The lowest BCUT2D eigenvalue weighted by atomic mass is 10.1. The highest BCUT2D eigenvalue weighted by Crippen LogP contribution is 2.26. The number of nitrogens with zero attached hydrogens (tertiary/aromatic N) is 2. The summed E-state index contributed by atoms with van der Waals surface area (Å²) in [4.78, 5) is 16.6. The Balaban J connectivity index is 1.40. The van der Waals surface area contributed by atoms with E-state index < -0.39 is 6.10 Å². The van der Waals surface area contributed by atoms with Crippen molar-refractivity contribution in [1.82, 2.24) is 15.5 Å². The van der Waals surface area contributed by atoms with Crippen molar-refractivity contribution in [2.75, 3.05) is 0 Å². The molecule has 0 aliphatic heterocycles. The van der Waals surface area contributed by atoms with Crippen molar-refractivity contribution < 1.29 is 19.2 Å². The van der Waals surface area contributed by atoms with Crippen LogP contribution in [0.3, 0.4) is 0 Å². The van der Waals surface area contributed by atoms with Crippen molar-refractivity contribution in [3.8, 4) is 17.1 Å². The first kappa shape index (κ1) is 19.1. The Morgan fingerprint density at radius 3 is 2.76 bits per heavy atom. The second-order valence-electron chi connectivity index (χ2n) is 7.18. The van der Waals surface area contributed by atoms with Gasteiger partial charge in [-0.1, -0.05) is 35.5 Å². The standard InChI is InChI=1S/C22H23N3O4/c1-14-17(21(25-29-14)15-6-3-2-4-7-15)13-28-20-11-10-16(12-23-20)22(27)24-18-8-5-9-19(18)26/h2-4,6-7,10-12,18-19,26H,5,8-9,13H2,1H3,(H,24,27)/t18-,19-/m1/s1. The van der Waals surface area contributed by atoms with Gasteiger partial charge >= 0.3 is 0 Å². The van der Waals surface area contributed by atoms with Crippen LogP contribution in [0.15, 0.2) is 53.2 Å². The molecule has 1 fully saturated rings. The Kier molecular flexibility index (Phi) is 5.57.